The van der Waals surface area contributed by atoms with E-state index in [-0.39, 0.29) is 24.8 Å². The third kappa shape index (κ3) is 2.18. The molecule has 2 rings (SSSR count). The maximum atomic E-state index is 5.50. The lowest BCUT2D eigenvalue weighted by molar-refractivity contribution is 0.944. The lowest BCUT2D eigenvalue weighted by Crippen LogP contribution is -1.97. The van der Waals surface area contributed by atoms with Crippen molar-refractivity contribution in [1.29, 1.82) is 0 Å². The second kappa shape index (κ2) is 5.20. The SMILES string of the molecule is Cl.Cl.Cn1ccc2cc(CN)cnc21. The first-order valence-corrected chi connectivity index (χ1v) is 3.91. The fraction of sp³-hybridized carbons (Fsp3) is 0.222. The normalized spacial score (nSPS) is 9.29. The average Bonchev–Trinajstić information content (AvgIpc) is 2.47. The van der Waals surface area contributed by atoms with Crippen molar-refractivity contribution < 1.29 is 0 Å². The van der Waals surface area contributed by atoms with Gasteiger partial charge < -0.3 is 10.3 Å². The Morgan fingerprint density at radius 3 is 2.79 bits per heavy atom. The van der Waals surface area contributed by atoms with Gasteiger partial charge in [-0.2, -0.15) is 0 Å². The fourth-order valence-corrected chi connectivity index (χ4v) is 1.31. The molecule has 2 aromatic rings. The first kappa shape index (κ1) is 13.2. The van der Waals surface area contributed by atoms with Gasteiger partial charge in [0.05, 0.1) is 0 Å². The van der Waals surface area contributed by atoms with E-state index >= 15 is 0 Å². The highest BCUT2D eigenvalue weighted by Gasteiger charge is 1.98. The van der Waals surface area contributed by atoms with Crippen molar-refractivity contribution in [3.63, 3.8) is 0 Å². The third-order valence-corrected chi connectivity index (χ3v) is 2.00. The minimum atomic E-state index is 0. The van der Waals surface area contributed by atoms with Gasteiger partial charge in [0.1, 0.15) is 5.65 Å². The van der Waals surface area contributed by atoms with Crippen molar-refractivity contribution in [2.45, 2.75) is 6.54 Å². The molecule has 0 aliphatic heterocycles. The van der Waals surface area contributed by atoms with E-state index < -0.39 is 0 Å². The number of halogens is 2. The number of aromatic nitrogens is 2. The Morgan fingerprint density at radius 1 is 1.43 bits per heavy atom. The molecule has 0 amide bonds. The highest BCUT2D eigenvalue weighted by molar-refractivity contribution is 5.85. The molecule has 0 bridgehead atoms. The molecular weight excluding hydrogens is 221 g/mol. The molecule has 0 fully saturated rings. The molecule has 0 radical (unpaired) electrons. The van der Waals surface area contributed by atoms with E-state index in [1.54, 1.807) is 0 Å². The summed E-state index contributed by atoms with van der Waals surface area (Å²) in [6.07, 6.45) is 3.82. The van der Waals surface area contributed by atoms with Gasteiger partial charge in [0.15, 0.2) is 0 Å². The molecule has 0 atom stereocenters. The van der Waals surface area contributed by atoms with Crippen LogP contribution in [0, 0.1) is 0 Å². The summed E-state index contributed by atoms with van der Waals surface area (Å²) in [5.74, 6) is 0. The van der Waals surface area contributed by atoms with Crippen LogP contribution >= 0.6 is 24.8 Å². The van der Waals surface area contributed by atoms with Crippen LogP contribution in [0.15, 0.2) is 24.5 Å². The quantitative estimate of drug-likeness (QED) is 0.818. The van der Waals surface area contributed by atoms with Crippen LogP contribution < -0.4 is 5.73 Å². The molecule has 2 N–H and O–H groups in total. The summed E-state index contributed by atoms with van der Waals surface area (Å²) in [5, 5.41) is 1.15. The molecule has 5 heteroatoms. The molecule has 0 saturated carbocycles. The summed E-state index contributed by atoms with van der Waals surface area (Å²) in [5.41, 5.74) is 7.59. The zero-order valence-electron chi connectivity index (χ0n) is 7.80. The summed E-state index contributed by atoms with van der Waals surface area (Å²) in [4.78, 5) is 4.29. The average molecular weight is 234 g/mol. The zero-order valence-corrected chi connectivity index (χ0v) is 9.44. The monoisotopic (exact) mass is 233 g/mol. The van der Waals surface area contributed by atoms with E-state index in [4.69, 9.17) is 5.73 Å². The second-order valence-corrected chi connectivity index (χ2v) is 2.89. The first-order valence-electron chi connectivity index (χ1n) is 3.91. The number of hydrogen-bond donors (Lipinski definition) is 1. The molecule has 3 nitrogen and oxygen atoms in total. The summed E-state index contributed by atoms with van der Waals surface area (Å²) in [7, 11) is 1.98. The molecule has 78 valence electrons. The van der Waals surface area contributed by atoms with E-state index in [0.717, 1.165) is 16.6 Å². The van der Waals surface area contributed by atoms with Gasteiger partial charge >= 0.3 is 0 Å². The van der Waals surface area contributed by atoms with E-state index in [1.807, 2.05) is 30.1 Å². The molecule has 0 saturated heterocycles. The number of rotatable bonds is 1. The lowest BCUT2D eigenvalue weighted by Gasteiger charge is -1.97. The number of nitrogens with zero attached hydrogens (tertiary/aromatic N) is 2. The van der Waals surface area contributed by atoms with Crippen LogP contribution in [0.2, 0.25) is 0 Å². The highest BCUT2D eigenvalue weighted by atomic mass is 35.5. The molecule has 0 aliphatic rings. The molecule has 14 heavy (non-hydrogen) atoms. The van der Waals surface area contributed by atoms with E-state index in [1.165, 1.54) is 0 Å². The minimum Gasteiger partial charge on any atom is -0.336 e. The molecule has 0 aliphatic carbocycles. The van der Waals surface area contributed by atoms with E-state index in [0.29, 0.717) is 6.54 Å². The Bertz CT molecular complexity index is 411. The molecular formula is C9H13Cl2N3. The molecule has 0 spiro atoms. The Balaban J connectivity index is 0.000000845. The van der Waals surface area contributed by atoms with Gasteiger partial charge in [0.2, 0.25) is 0 Å². The van der Waals surface area contributed by atoms with Crippen molar-refractivity contribution in [3.8, 4) is 0 Å². The standard InChI is InChI=1S/C9H11N3.2ClH/c1-12-3-2-8-4-7(5-10)6-11-9(8)12;;/h2-4,6H,5,10H2,1H3;2*1H. The van der Waals surface area contributed by atoms with Gasteiger partial charge in [-0.1, -0.05) is 0 Å². The number of nitrogens with two attached hydrogens (primary N) is 1. The predicted molar refractivity (Wildman–Crippen MR) is 63.1 cm³/mol. The van der Waals surface area contributed by atoms with Gasteiger partial charge in [-0.15, -0.1) is 24.8 Å². The topological polar surface area (TPSA) is 43.8 Å². The van der Waals surface area contributed by atoms with Gasteiger partial charge in [0, 0.05) is 31.4 Å². The number of hydrogen-bond acceptors (Lipinski definition) is 2. The van der Waals surface area contributed by atoms with Crippen molar-refractivity contribution in [2.75, 3.05) is 0 Å². The van der Waals surface area contributed by atoms with E-state index in [2.05, 4.69) is 11.1 Å². The third-order valence-electron chi connectivity index (χ3n) is 2.00. The van der Waals surface area contributed by atoms with E-state index in [9.17, 15) is 0 Å². The smallest absolute Gasteiger partial charge is 0.139 e. The van der Waals surface area contributed by atoms with Crippen LogP contribution in [0.4, 0.5) is 0 Å². The van der Waals surface area contributed by atoms with Crippen LogP contribution in [0.1, 0.15) is 5.56 Å². The van der Waals surface area contributed by atoms with Crippen LogP contribution in [-0.4, -0.2) is 9.55 Å². The predicted octanol–water partition coefficient (Wildman–Crippen LogP) is 1.88. The lowest BCUT2D eigenvalue weighted by atomic mass is 10.2. The zero-order chi connectivity index (χ0) is 8.55. The van der Waals surface area contributed by atoms with Gasteiger partial charge in [-0.3, -0.25) is 0 Å². The number of pyridine rings is 1. The van der Waals surface area contributed by atoms with Crippen molar-refractivity contribution in [2.24, 2.45) is 12.8 Å². The van der Waals surface area contributed by atoms with Crippen LogP contribution in [-0.2, 0) is 13.6 Å². The van der Waals surface area contributed by atoms with Crippen LogP contribution in [0.5, 0.6) is 0 Å². The Kier molecular flexibility index (Phi) is 4.91. The molecule has 0 aromatic carbocycles. The number of aryl methyl sites for hydroxylation is 1. The van der Waals surface area contributed by atoms with Crippen molar-refractivity contribution >= 4 is 35.8 Å². The number of fused-ring (bicyclic) bond motifs is 1. The largest absolute Gasteiger partial charge is 0.336 e. The Labute approximate surface area is 95.1 Å². The summed E-state index contributed by atoms with van der Waals surface area (Å²) in [6.45, 7) is 0.553. The minimum absolute atomic E-state index is 0. The Morgan fingerprint density at radius 2 is 2.14 bits per heavy atom. The summed E-state index contributed by atoms with van der Waals surface area (Å²) < 4.78 is 2.00. The second-order valence-electron chi connectivity index (χ2n) is 2.89. The summed E-state index contributed by atoms with van der Waals surface area (Å²) in [6, 6.07) is 4.11. The van der Waals surface area contributed by atoms with Crippen LogP contribution in [0.3, 0.4) is 0 Å². The fourth-order valence-electron chi connectivity index (χ4n) is 1.31. The van der Waals surface area contributed by atoms with Gasteiger partial charge in [0.25, 0.3) is 0 Å². The van der Waals surface area contributed by atoms with Crippen molar-refractivity contribution in [1.82, 2.24) is 9.55 Å². The molecule has 0 unspecified atom stereocenters. The van der Waals surface area contributed by atoms with Gasteiger partial charge in [-0.05, 0) is 17.7 Å². The molecule has 2 heterocycles. The molecule has 2 aromatic heterocycles. The maximum absolute atomic E-state index is 5.50. The highest BCUT2D eigenvalue weighted by Crippen LogP contribution is 2.12. The van der Waals surface area contributed by atoms with Crippen molar-refractivity contribution in [3.05, 3.63) is 30.1 Å². The Hall–Kier alpha value is -0.770. The first-order chi connectivity index (χ1) is 5.81. The van der Waals surface area contributed by atoms with Crippen LogP contribution in [0.25, 0.3) is 11.0 Å². The van der Waals surface area contributed by atoms with Gasteiger partial charge in [-0.25, -0.2) is 4.98 Å². The summed E-state index contributed by atoms with van der Waals surface area (Å²) >= 11 is 0. The maximum Gasteiger partial charge on any atom is 0.139 e.